The molecule has 0 amide bonds. The first-order valence-electron chi connectivity index (χ1n) is 10.6. The maximum atomic E-state index is 5.07. The van der Waals surface area contributed by atoms with E-state index in [4.69, 9.17) is 10.1 Å². The van der Waals surface area contributed by atoms with Crippen LogP contribution in [-0.2, 0) is 6.42 Å². The molecular weight excluding hydrogens is 344 g/mol. The van der Waals surface area contributed by atoms with Crippen LogP contribution in [0.2, 0.25) is 0 Å². The fourth-order valence-electron chi connectivity index (χ4n) is 4.95. The van der Waals surface area contributed by atoms with Crippen molar-refractivity contribution in [1.82, 2.24) is 14.6 Å². The monoisotopic (exact) mass is 376 g/mol. The second kappa shape index (κ2) is 6.91. The Labute approximate surface area is 168 Å². The maximum Gasteiger partial charge on any atom is 0.165 e. The van der Waals surface area contributed by atoms with Gasteiger partial charge in [-0.1, -0.05) is 31.0 Å². The Hall–Kier alpha value is -2.36. The van der Waals surface area contributed by atoms with E-state index >= 15 is 0 Å². The Kier molecular flexibility index (Phi) is 4.68. The highest BCUT2D eigenvalue weighted by molar-refractivity contribution is 5.85. The third-order valence-electron chi connectivity index (χ3n) is 6.20. The molecule has 0 saturated carbocycles. The fourth-order valence-corrected chi connectivity index (χ4v) is 4.95. The van der Waals surface area contributed by atoms with Crippen LogP contribution in [0.5, 0.6) is 0 Å². The minimum Gasteiger partial charge on any atom is -0.353 e. The average Bonchev–Trinajstić information content (AvgIpc) is 3.10. The van der Waals surface area contributed by atoms with Gasteiger partial charge in [-0.05, 0) is 71.1 Å². The molecule has 1 atom stereocenters. The molecule has 4 heteroatoms. The largest absolute Gasteiger partial charge is 0.353 e. The summed E-state index contributed by atoms with van der Waals surface area (Å²) in [7, 11) is 0. The molecule has 0 N–H and O–H groups in total. The normalized spacial score (nSPS) is 16.2. The molecule has 1 aliphatic heterocycles. The van der Waals surface area contributed by atoms with Gasteiger partial charge in [-0.15, -0.1) is 0 Å². The Morgan fingerprint density at radius 3 is 2.32 bits per heavy atom. The highest BCUT2D eigenvalue weighted by Gasteiger charge is 2.32. The molecular formula is C24H32N4. The van der Waals surface area contributed by atoms with Crippen molar-refractivity contribution in [2.45, 2.75) is 73.8 Å². The number of nitrogens with zero attached hydrogens (tertiary/aromatic N) is 4. The van der Waals surface area contributed by atoms with Crippen molar-refractivity contribution in [3.63, 3.8) is 0 Å². The van der Waals surface area contributed by atoms with Crippen molar-refractivity contribution in [3.05, 3.63) is 45.8 Å². The Morgan fingerprint density at radius 2 is 1.68 bits per heavy atom. The molecule has 148 valence electrons. The van der Waals surface area contributed by atoms with Gasteiger partial charge in [-0.2, -0.15) is 9.61 Å². The van der Waals surface area contributed by atoms with Crippen LogP contribution in [0.1, 0.15) is 60.3 Å². The molecule has 3 heterocycles. The smallest absolute Gasteiger partial charge is 0.165 e. The zero-order valence-corrected chi connectivity index (χ0v) is 18.3. The summed E-state index contributed by atoms with van der Waals surface area (Å²) in [4.78, 5) is 7.62. The van der Waals surface area contributed by atoms with Gasteiger partial charge in [-0.25, -0.2) is 4.98 Å². The van der Waals surface area contributed by atoms with Gasteiger partial charge in [0.2, 0.25) is 0 Å². The number of unbranched alkanes of at least 4 members (excludes halogenated alkanes) is 1. The highest BCUT2D eigenvalue weighted by atomic mass is 15.4. The van der Waals surface area contributed by atoms with Gasteiger partial charge in [0.25, 0.3) is 0 Å². The molecule has 28 heavy (non-hydrogen) atoms. The number of hydrogen-bond donors (Lipinski definition) is 0. The summed E-state index contributed by atoms with van der Waals surface area (Å²) in [6, 6.07) is 5.03. The minimum atomic E-state index is 0.503. The van der Waals surface area contributed by atoms with Gasteiger partial charge in [0.1, 0.15) is 5.82 Å². The molecule has 0 aliphatic carbocycles. The van der Waals surface area contributed by atoms with Crippen molar-refractivity contribution in [2.75, 3.05) is 11.4 Å². The van der Waals surface area contributed by atoms with Crippen molar-refractivity contribution < 1.29 is 0 Å². The lowest BCUT2D eigenvalue weighted by molar-refractivity contribution is 0.632. The van der Waals surface area contributed by atoms with Crippen molar-refractivity contribution >= 4 is 11.5 Å². The van der Waals surface area contributed by atoms with Gasteiger partial charge in [0.05, 0.1) is 11.3 Å². The van der Waals surface area contributed by atoms with Crippen molar-refractivity contribution in [3.8, 4) is 11.1 Å². The number of fused-ring (bicyclic) bond motifs is 3. The molecule has 0 saturated heterocycles. The van der Waals surface area contributed by atoms with Gasteiger partial charge >= 0.3 is 0 Å². The SMILES string of the molecule is CCCCN1c2c(c(C)nc3c(-c4c(C)cc(C)cc4C)c(C)nn23)CC1C. The first-order chi connectivity index (χ1) is 13.3. The Balaban J connectivity index is 2.00. The maximum absolute atomic E-state index is 5.07. The lowest BCUT2D eigenvalue weighted by Gasteiger charge is -2.24. The van der Waals surface area contributed by atoms with E-state index in [1.165, 1.54) is 52.0 Å². The first-order valence-corrected chi connectivity index (χ1v) is 10.6. The molecule has 4 nitrogen and oxygen atoms in total. The van der Waals surface area contributed by atoms with Crippen LogP contribution in [0.25, 0.3) is 16.8 Å². The van der Waals surface area contributed by atoms with Crippen molar-refractivity contribution in [2.24, 2.45) is 0 Å². The quantitative estimate of drug-likeness (QED) is 0.604. The lowest BCUT2D eigenvalue weighted by atomic mass is 9.94. The van der Waals surface area contributed by atoms with Crippen LogP contribution in [0.3, 0.4) is 0 Å². The summed E-state index contributed by atoms with van der Waals surface area (Å²) in [6.07, 6.45) is 3.47. The third kappa shape index (κ3) is 2.81. The molecule has 0 spiro atoms. The predicted molar refractivity (Wildman–Crippen MR) is 118 cm³/mol. The summed E-state index contributed by atoms with van der Waals surface area (Å²) >= 11 is 0. The van der Waals surface area contributed by atoms with E-state index < -0.39 is 0 Å². The van der Waals surface area contributed by atoms with E-state index in [-0.39, 0.29) is 0 Å². The van der Waals surface area contributed by atoms with E-state index in [1.54, 1.807) is 0 Å². The average molecular weight is 377 g/mol. The number of hydrogen-bond acceptors (Lipinski definition) is 3. The molecule has 4 rings (SSSR count). The minimum absolute atomic E-state index is 0.503. The molecule has 2 aromatic heterocycles. The summed E-state index contributed by atoms with van der Waals surface area (Å²) in [5.41, 5.74) is 11.0. The second-order valence-electron chi connectivity index (χ2n) is 8.57. The van der Waals surface area contributed by atoms with Crippen LogP contribution in [0.4, 0.5) is 5.82 Å². The van der Waals surface area contributed by atoms with E-state index in [2.05, 4.69) is 70.0 Å². The molecule has 0 bridgehead atoms. The zero-order valence-electron chi connectivity index (χ0n) is 18.3. The summed E-state index contributed by atoms with van der Waals surface area (Å²) in [5.74, 6) is 1.26. The third-order valence-corrected chi connectivity index (χ3v) is 6.20. The molecule has 3 aromatic rings. The van der Waals surface area contributed by atoms with Gasteiger partial charge in [0, 0.05) is 23.8 Å². The van der Waals surface area contributed by atoms with Crippen LogP contribution in [0.15, 0.2) is 12.1 Å². The van der Waals surface area contributed by atoms with Crippen LogP contribution >= 0.6 is 0 Å². The number of anilines is 1. The standard InChI is InChI=1S/C24H32N4/c1-8-9-10-27-17(5)13-20-18(6)25-23-22(19(7)26-28(23)24(20)27)21-15(3)11-14(2)12-16(21)4/h11-12,17H,8-10,13H2,1-7H3. The molecule has 1 aromatic carbocycles. The second-order valence-corrected chi connectivity index (χ2v) is 8.57. The van der Waals surface area contributed by atoms with Crippen molar-refractivity contribution in [1.29, 1.82) is 0 Å². The molecule has 1 unspecified atom stereocenters. The van der Waals surface area contributed by atoms with Gasteiger partial charge < -0.3 is 4.90 Å². The van der Waals surface area contributed by atoms with Crippen LogP contribution in [-0.4, -0.2) is 27.2 Å². The summed E-state index contributed by atoms with van der Waals surface area (Å²) in [6.45, 7) is 16.5. The Morgan fingerprint density at radius 1 is 1.00 bits per heavy atom. The summed E-state index contributed by atoms with van der Waals surface area (Å²) in [5, 5.41) is 5.01. The van der Waals surface area contributed by atoms with E-state index in [0.29, 0.717) is 6.04 Å². The van der Waals surface area contributed by atoms with Gasteiger partial charge in [0.15, 0.2) is 5.65 Å². The van der Waals surface area contributed by atoms with Crippen LogP contribution < -0.4 is 4.90 Å². The lowest BCUT2D eigenvalue weighted by Crippen LogP contribution is -2.31. The topological polar surface area (TPSA) is 33.4 Å². The number of aromatic nitrogens is 3. The number of benzene rings is 1. The van der Waals surface area contributed by atoms with Gasteiger partial charge in [-0.3, -0.25) is 0 Å². The molecule has 0 radical (unpaired) electrons. The van der Waals surface area contributed by atoms with E-state index in [9.17, 15) is 0 Å². The number of aryl methyl sites for hydroxylation is 5. The summed E-state index contributed by atoms with van der Waals surface area (Å²) < 4.78 is 2.13. The van der Waals surface area contributed by atoms with E-state index in [0.717, 1.165) is 30.0 Å². The molecule has 1 aliphatic rings. The van der Waals surface area contributed by atoms with Crippen LogP contribution in [0, 0.1) is 34.6 Å². The predicted octanol–water partition coefficient (Wildman–Crippen LogP) is 5.49. The fraction of sp³-hybridized carbons (Fsp3) is 0.500. The Bertz CT molecular complexity index is 1040. The number of rotatable bonds is 4. The highest BCUT2D eigenvalue weighted by Crippen LogP contribution is 2.39. The van der Waals surface area contributed by atoms with E-state index in [1.807, 2.05) is 0 Å². The first kappa shape index (κ1) is 19.0. The zero-order chi connectivity index (χ0) is 20.2. The molecule has 0 fully saturated rings.